The molecule has 3 heteroatoms. The Morgan fingerprint density at radius 1 is 1.15 bits per heavy atom. The molecule has 1 aromatic rings. The van der Waals surface area contributed by atoms with Gasteiger partial charge in [-0.2, -0.15) is 0 Å². The third-order valence-corrected chi connectivity index (χ3v) is 3.99. The van der Waals surface area contributed by atoms with Gasteiger partial charge in [0.1, 0.15) is 12.4 Å². The molecule has 2 rings (SSSR count). The van der Waals surface area contributed by atoms with Crippen LogP contribution in [0.1, 0.15) is 43.5 Å². The predicted molar refractivity (Wildman–Crippen MR) is 79.2 cm³/mol. The number of methoxy groups -OCH3 is 1. The highest BCUT2D eigenvalue weighted by molar-refractivity contribution is 5.99. The maximum atomic E-state index is 12.2. The van der Waals surface area contributed by atoms with Crippen molar-refractivity contribution in [2.75, 3.05) is 13.7 Å². The van der Waals surface area contributed by atoms with Crippen LogP contribution in [-0.2, 0) is 4.74 Å². The molecule has 0 saturated heterocycles. The summed E-state index contributed by atoms with van der Waals surface area (Å²) in [5, 5.41) is 0. The zero-order chi connectivity index (χ0) is 14.5. The van der Waals surface area contributed by atoms with Crippen LogP contribution >= 0.6 is 0 Å². The highest BCUT2D eigenvalue weighted by Crippen LogP contribution is 2.30. The Balaban J connectivity index is 1.92. The summed E-state index contributed by atoms with van der Waals surface area (Å²) in [6.45, 7) is 4.66. The number of para-hydroxylation sites is 1. The van der Waals surface area contributed by atoms with Crippen LogP contribution in [0.25, 0.3) is 0 Å². The average molecular weight is 276 g/mol. The zero-order valence-corrected chi connectivity index (χ0v) is 12.6. The van der Waals surface area contributed by atoms with Gasteiger partial charge >= 0.3 is 0 Å². The average Bonchev–Trinajstić information content (AvgIpc) is 2.43. The van der Waals surface area contributed by atoms with E-state index in [4.69, 9.17) is 9.47 Å². The molecule has 0 N–H and O–H groups in total. The van der Waals surface area contributed by atoms with Crippen molar-refractivity contribution in [3.8, 4) is 5.75 Å². The SMILES string of the molecule is COc1ccccc1C(=O)COC1CC(C)CC(C)C1. The number of rotatable bonds is 5. The maximum Gasteiger partial charge on any atom is 0.192 e. The van der Waals surface area contributed by atoms with E-state index >= 15 is 0 Å². The van der Waals surface area contributed by atoms with Crippen molar-refractivity contribution in [2.45, 2.75) is 39.2 Å². The van der Waals surface area contributed by atoms with E-state index in [9.17, 15) is 4.79 Å². The van der Waals surface area contributed by atoms with Crippen LogP contribution in [0, 0.1) is 11.8 Å². The van der Waals surface area contributed by atoms with Crippen molar-refractivity contribution in [2.24, 2.45) is 11.8 Å². The molecule has 20 heavy (non-hydrogen) atoms. The van der Waals surface area contributed by atoms with E-state index < -0.39 is 0 Å². The van der Waals surface area contributed by atoms with Gasteiger partial charge < -0.3 is 9.47 Å². The first-order valence-electron chi connectivity index (χ1n) is 7.38. The smallest absolute Gasteiger partial charge is 0.192 e. The molecular weight excluding hydrogens is 252 g/mol. The quantitative estimate of drug-likeness (QED) is 0.769. The molecule has 0 heterocycles. The Morgan fingerprint density at radius 3 is 2.45 bits per heavy atom. The largest absolute Gasteiger partial charge is 0.496 e. The first-order chi connectivity index (χ1) is 9.60. The van der Waals surface area contributed by atoms with Gasteiger partial charge in [0, 0.05) is 0 Å². The van der Waals surface area contributed by atoms with Gasteiger partial charge in [-0.05, 0) is 43.2 Å². The van der Waals surface area contributed by atoms with Gasteiger partial charge in [-0.15, -0.1) is 0 Å². The minimum atomic E-state index is -0.00618. The molecule has 110 valence electrons. The summed E-state index contributed by atoms with van der Waals surface area (Å²) >= 11 is 0. The Bertz CT molecular complexity index is 445. The van der Waals surface area contributed by atoms with Crippen LogP contribution < -0.4 is 4.74 Å². The van der Waals surface area contributed by atoms with Crippen molar-refractivity contribution >= 4 is 5.78 Å². The number of hydrogen-bond acceptors (Lipinski definition) is 3. The molecular formula is C17H24O3. The third-order valence-electron chi connectivity index (χ3n) is 3.99. The van der Waals surface area contributed by atoms with Gasteiger partial charge in [-0.25, -0.2) is 0 Å². The number of Topliss-reactive ketones (excluding diaryl/α,β-unsaturated/α-hetero) is 1. The fraction of sp³-hybridized carbons (Fsp3) is 0.588. The predicted octanol–water partition coefficient (Wildman–Crippen LogP) is 3.72. The summed E-state index contributed by atoms with van der Waals surface area (Å²) < 4.78 is 11.1. The Morgan fingerprint density at radius 2 is 1.80 bits per heavy atom. The van der Waals surface area contributed by atoms with E-state index in [1.54, 1.807) is 19.2 Å². The van der Waals surface area contributed by atoms with Gasteiger partial charge in [-0.1, -0.05) is 26.0 Å². The lowest BCUT2D eigenvalue weighted by Crippen LogP contribution is -2.28. The van der Waals surface area contributed by atoms with Crippen LogP contribution in [0.3, 0.4) is 0 Å². The molecule has 2 unspecified atom stereocenters. The van der Waals surface area contributed by atoms with Crippen LogP contribution in [0.15, 0.2) is 24.3 Å². The molecule has 1 fully saturated rings. The lowest BCUT2D eigenvalue weighted by atomic mass is 9.82. The van der Waals surface area contributed by atoms with E-state index in [0.29, 0.717) is 23.1 Å². The number of benzene rings is 1. The van der Waals surface area contributed by atoms with E-state index in [2.05, 4.69) is 13.8 Å². The van der Waals surface area contributed by atoms with Crippen LogP contribution in [-0.4, -0.2) is 25.6 Å². The van der Waals surface area contributed by atoms with Crippen LogP contribution in [0.2, 0.25) is 0 Å². The summed E-state index contributed by atoms with van der Waals surface area (Å²) in [6.07, 6.45) is 3.60. The van der Waals surface area contributed by atoms with Gasteiger partial charge in [-0.3, -0.25) is 4.79 Å². The summed E-state index contributed by atoms with van der Waals surface area (Å²) in [4.78, 5) is 12.2. The summed E-state index contributed by atoms with van der Waals surface area (Å²) in [7, 11) is 1.58. The molecule has 0 amide bonds. The minimum absolute atomic E-state index is 0.00618. The molecule has 1 saturated carbocycles. The monoisotopic (exact) mass is 276 g/mol. The summed E-state index contributed by atoms with van der Waals surface area (Å²) in [6, 6.07) is 7.30. The fourth-order valence-corrected chi connectivity index (χ4v) is 3.16. The van der Waals surface area contributed by atoms with Crippen LogP contribution in [0.5, 0.6) is 5.75 Å². The number of ether oxygens (including phenoxy) is 2. The van der Waals surface area contributed by atoms with Crippen LogP contribution in [0.4, 0.5) is 0 Å². The maximum absolute atomic E-state index is 12.2. The van der Waals surface area contributed by atoms with Crippen molar-refractivity contribution < 1.29 is 14.3 Å². The topological polar surface area (TPSA) is 35.5 Å². The van der Waals surface area contributed by atoms with Crippen molar-refractivity contribution in [3.63, 3.8) is 0 Å². The number of carbonyl (C=O) groups is 1. The standard InChI is InChI=1S/C17H24O3/c1-12-8-13(2)10-14(9-12)20-11-16(18)15-6-4-5-7-17(15)19-3/h4-7,12-14H,8-11H2,1-3H3. The van der Waals surface area contributed by atoms with Crippen molar-refractivity contribution in [3.05, 3.63) is 29.8 Å². The molecule has 0 aliphatic heterocycles. The van der Waals surface area contributed by atoms with E-state index in [-0.39, 0.29) is 18.5 Å². The third kappa shape index (κ3) is 3.83. The first kappa shape index (κ1) is 15.0. The molecule has 1 aliphatic carbocycles. The highest BCUT2D eigenvalue weighted by Gasteiger charge is 2.25. The zero-order valence-electron chi connectivity index (χ0n) is 12.6. The summed E-state index contributed by atoms with van der Waals surface area (Å²) in [5.41, 5.74) is 0.604. The molecule has 1 aliphatic rings. The molecule has 0 aromatic heterocycles. The van der Waals surface area contributed by atoms with E-state index in [1.165, 1.54) is 6.42 Å². The molecule has 0 radical (unpaired) electrons. The van der Waals surface area contributed by atoms with E-state index in [0.717, 1.165) is 12.8 Å². The molecule has 3 nitrogen and oxygen atoms in total. The summed E-state index contributed by atoms with van der Waals surface area (Å²) in [5.74, 6) is 1.98. The second-order valence-electron chi connectivity index (χ2n) is 5.97. The number of hydrogen-bond donors (Lipinski definition) is 0. The minimum Gasteiger partial charge on any atom is -0.496 e. The van der Waals surface area contributed by atoms with Gasteiger partial charge in [0.15, 0.2) is 5.78 Å². The highest BCUT2D eigenvalue weighted by atomic mass is 16.5. The van der Waals surface area contributed by atoms with Crippen molar-refractivity contribution in [1.82, 2.24) is 0 Å². The van der Waals surface area contributed by atoms with E-state index in [1.807, 2.05) is 12.1 Å². The van der Waals surface area contributed by atoms with Gasteiger partial charge in [0.25, 0.3) is 0 Å². The van der Waals surface area contributed by atoms with Gasteiger partial charge in [0.2, 0.25) is 0 Å². The molecule has 0 bridgehead atoms. The Labute approximate surface area is 121 Å². The van der Waals surface area contributed by atoms with Crippen molar-refractivity contribution in [1.29, 1.82) is 0 Å². The second kappa shape index (κ2) is 6.89. The normalized spacial score (nSPS) is 26.2. The Kier molecular flexibility index (Phi) is 5.18. The Hall–Kier alpha value is -1.35. The number of ketones is 1. The number of carbonyl (C=O) groups excluding carboxylic acids is 1. The van der Waals surface area contributed by atoms with Gasteiger partial charge in [0.05, 0.1) is 18.8 Å². The fourth-order valence-electron chi connectivity index (χ4n) is 3.16. The molecule has 2 atom stereocenters. The molecule has 0 spiro atoms. The second-order valence-corrected chi connectivity index (χ2v) is 5.97. The molecule has 1 aromatic carbocycles. The first-order valence-corrected chi connectivity index (χ1v) is 7.38. The lowest BCUT2D eigenvalue weighted by Gasteiger charge is -2.31. The lowest BCUT2D eigenvalue weighted by molar-refractivity contribution is 0.00553.